The summed E-state index contributed by atoms with van der Waals surface area (Å²) in [5.41, 5.74) is 0.515. The Bertz CT molecular complexity index is 547. The zero-order valence-electron chi connectivity index (χ0n) is 9.69. The Morgan fingerprint density at radius 3 is 2.65 bits per heavy atom. The van der Waals surface area contributed by atoms with Gasteiger partial charge in [-0.25, -0.2) is 13.4 Å². The third kappa shape index (κ3) is 2.66. The van der Waals surface area contributed by atoms with E-state index in [-0.39, 0.29) is 23.3 Å². The molecule has 2 heterocycles. The van der Waals surface area contributed by atoms with Crippen molar-refractivity contribution in [1.29, 1.82) is 0 Å². The summed E-state index contributed by atoms with van der Waals surface area (Å²) in [5, 5.41) is 2.65. The first-order valence-electron chi connectivity index (χ1n) is 5.33. The van der Waals surface area contributed by atoms with Crippen LogP contribution in [0.25, 0.3) is 0 Å². The van der Waals surface area contributed by atoms with Gasteiger partial charge in [0.1, 0.15) is 0 Å². The molecule has 0 radical (unpaired) electrons. The van der Waals surface area contributed by atoms with E-state index in [1.54, 1.807) is 13.8 Å². The van der Waals surface area contributed by atoms with Crippen LogP contribution in [-0.4, -0.2) is 36.9 Å². The molecular formula is C10H14N2O4S. The Labute approximate surface area is 99.3 Å². The Balaban J connectivity index is 2.06. The van der Waals surface area contributed by atoms with Crippen LogP contribution in [0.4, 0.5) is 0 Å². The van der Waals surface area contributed by atoms with Gasteiger partial charge in [0.2, 0.25) is 5.76 Å². The smallest absolute Gasteiger partial charge is 0.289 e. The van der Waals surface area contributed by atoms with Crippen LogP contribution >= 0.6 is 0 Å². The summed E-state index contributed by atoms with van der Waals surface area (Å²) in [5.74, 6) is 0.320. The highest BCUT2D eigenvalue weighted by atomic mass is 32.2. The Morgan fingerprint density at radius 2 is 2.18 bits per heavy atom. The molecule has 17 heavy (non-hydrogen) atoms. The molecule has 1 fully saturated rings. The van der Waals surface area contributed by atoms with Gasteiger partial charge in [-0.05, 0) is 13.3 Å². The van der Waals surface area contributed by atoms with Gasteiger partial charge in [-0.1, -0.05) is 0 Å². The van der Waals surface area contributed by atoms with Gasteiger partial charge in [-0.3, -0.25) is 4.79 Å². The van der Waals surface area contributed by atoms with Crippen LogP contribution in [0, 0.1) is 13.8 Å². The quantitative estimate of drug-likeness (QED) is 0.819. The largest absolute Gasteiger partial charge is 0.436 e. The lowest BCUT2D eigenvalue weighted by atomic mass is 10.2. The number of rotatable bonds is 2. The second-order valence-corrected chi connectivity index (χ2v) is 6.45. The number of aryl methyl sites for hydroxylation is 2. The molecule has 0 saturated carbocycles. The van der Waals surface area contributed by atoms with Crippen molar-refractivity contribution in [3.05, 3.63) is 17.3 Å². The van der Waals surface area contributed by atoms with Crippen molar-refractivity contribution in [1.82, 2.24) is 10.3 Å². The third-order valence-electron chi connectivity index (χ3n) is 2.68. The van der Waals surface area contributed by atoms with E-state index in [2.05, 4.69) is 10.3 Å². The van der Waals surface area contributed by atoms with Gasteiger partial charge in [0.25, 0.3) is 5.91 Å². The minimum absolute atomic E-state index is 0.00487. The maximum absolute atomic E-state index is 11.8. The van der Waals surface area contributed by atoms with Crippen LogP contribution in [0.5, 0.6) is 0 Å². The average molecular weight is 258 g/mol. The average Bonchev–Trinajstić information content (AvgIpc) is 2.69. The van der Waals surface area contributed by atoms with E-state index in [4.69, 9.17) is 4.42 Å². The number of oxazole rings is 1. The summed E-state index contributed by atoms with van der Waals surface area (Å²) in [6.07, 6.45) is 0.459. The van der Waals surface area contributed by atoms with Crippen LogP contribution < -0.4 is 5.32 Å². The molecule has 1 unspecified atom stereocenters. The predicted octanol–water partition coefficient (Wildman–Crippen LogP) is 0.208. The molecule has 1 saturated heterocycles. The van der Waals surface area contributed by atoms with Crippen molar-refractivity contribution in [3.63, 3.8) is 0 Å². The SMILES string of the molecule is Cc1nc(C)c(C(=O)NC2CCS(=O)(=O)C2)o1. The fourth-order valence-corrected chi connectivity index (χ4v) is 3.58. The number of amides is 1. The minimum Gasteiger partial charge on any atom is -0.436 e. The van der Waals surface area contributed by atoms with Gasteiger partial charge in [-0.15, -0.1) is 0 Å². The van der Waals surface area contributed by atoms with Crippen LogP contribution in [0.1, 0.15) is 28.6 Å². The van der Waals surface area contributed by atoms with Crippen LogP contribution in [0.3, 0.4) is 0 Å². The molecule has 0 spiro atoms. The Hall–Kier alpha value is -1.37. The van der Waals surface area contributed by atoms with E-state index >= 15 is 0 Å². The van der Waals surface area contributed by atoms with Gasteiger partial charge < -0.3 is 9.73 Å². The van der Waals surface area contributed by atoms with Crippen molar-refractivity contribution in [2.24, 2.45) is 0 Å². The van der Waals surface area contributed by atoms with Crippen molar-refractivity contribution in [3.8, 4) is 0 Å². The van der Waals surface area contributed by atoms with Crippen molar-refractivity contribution in [2.45, 2.75) is 26.3 Å². The Morgan fingerprint density at radius 1 is 1.47 bits per heavy atom. The molecular weight excluding hydrogens is 244 g/mol. The van der Waals surface area contributed by atoms with E-state index in [0.29, 0.717) is 18.0 Å². The lowest BCUT2D eigenvalue weighted by molar-refractivity contribution is 0.0911. The number of nitrogens with zero attached hydrogens (tertiary/aromatic N) is 1. The second kappa shape index (κ2) is 4.14. The van der Waals surface area contributed by atoms with Gasteiger partial charge >= 0.3 is 0 Å². The first kappa shape index (κ1) is 12.1. The standard InChI is InChI=1S/C10H14N2O4S/c1-6-9(16-7(2)11-6)10(13)12-8-3-4-17(14,15)5-8/h8H,3-5H2,1-2H3,(H,12,13). The van der Waals surface area contributed by atoms with Crippen LogP contribution in [-0.2, 0) is 9.84 Å². The molecule has 0 aliphatic carbocycles. The van der Waals surface area contributed by atoms with Gasteiger partial charge in [0.05, 0.1) is 17.2 Å². The van der Waals surface area contributed by atoms with Crippen molar-refractivity contribution < 1.29 is 17.6 Å². The predicted molar refractivity (Wildman–Crippen MR) is 60.5 cm³/mol. The fraction of sp³-hybridized carbons (Fsp3) is 0.600. The fourth-order valence-electron chi connectivity index (χ4n) is 1.90. The molecule has 1 N–H and O–H groups in total. The van der Waals surface area contributed by atoms with Gasteiger partial charge in [0, 0.05) is 13.0 Å². The summed E-state index contributed by atoms with van der Waals surface area (Å²) < 4.78 is 27.7. The number of nitrogens with one attached hydrogen (secondary N) is 1. The van der Waals surface area contributed by atoms with Gasteiger partial charge in [-0.2, -0.15) is 0 Å². The topological polar surface area (TPSA) is 89.3 Å². The molecule has 1 aliphatic rings. The van der Waals surface area contributed by atoms with Crippen LogP contribution in [0.2, 0.25) is 0 Å². The summed E-state index contributed by atoms with van der Waals surface area (Å²) in [4.78, 5) is 15.8. The molecule has 7 heteroatoms. The maximum Gasteiger partial charge on any atom is 0.289 e. The van der Waals surface area contributed by atoms with E-state index in [1.807, 2.05) is 0 Å². The number of carbonyl (C=O) groups is 1. The normalized spacial score (nSPS) is 22.6. The van der Waals surface area contributed by atoms with Crippen molar-refractivity contribution in [2.75, 3.05) is 11.5 Å². The number of aromatic nitrogens is 1. The number of carbonyl (C=O) groups excluding carboxylic acids is 1. The van der Waals surface area contributed by atoms with Crippen LogP contribution in [0.15, 0.2) is 4.42 Å². The molecule has 1 aromatic heterocycles. The number of hydrogen-bond acceptors (Lipinski definition) is 5. The minimum atomic E-state index is -2.99. The highest BCUT2D eigenvalue weighted by Crippen LogP contribution is 2.14. The van der Waals surface area contributed by atoms with E-state index in [9.17, 15) is 13.2 Å². The molecule has 6 nitrogen and oxygen atoms in total. The molecule has 1 aromatic rings. The van der Waals surface area contributed by atoms with E-state index in [1.165, 1.54) is 0 Å². The summed E-state index contributed by atoms with van der Waals surface area (Å²) >= 11 is 0. The van der Waals surface area contributed by atoms with E-state index < -0.39 is 15.7 Å². The molecule has 94 valence electrons. The second-order valence-electron chi connectivity index (χ2n) is 4.22. The lowest BCUT2D eigenvalue weighted by Crippen LogP contribution is -2.35. The third-order valence-corrected chi connectivity index (χ3v) is 4.45. The molecule has 1 aliphatic heterocycles. The van der Waals surface area contributed by atoms with Gasteiger partial charge in [0.15, 0.2) is 15.7 Å². The first-order valence-corrected chi connectivity index (χ1v) is 7.15. The number of sulfone groups is 1. The molecule has 1 amide bonds. The zero-order chi connectivity index (χ0) is 12.6. The van der Waals surface area contributed by atoms with Crippen molar-refractivity contribution >= 4 is 15.7 Å². The zero-order valence-corrected chi connectivity index (χ0v) is 10.5. The Kier molecular flexibility index (Phi) is 2.94. The summed E-state index contributed by atoms with van der Waals surface area (Å²) in [6.45, 7) is 3.33. The highest BCUT2D eigenvalue weighted by molar-refractivity contribution is 7.91. The highest BCUT2D eigenvalue weighted by Gasteiger charge is 2.30. The summed E-state index contributed by atoms with van der Waals surface area (Å²) in [6, 6.07) is -0.322. The maximum atomic E-state index is 11.8. The monoisotopic (exact) mass is 258 g/mol. The molecule has 0 bridgehead atoms. The molecule has 2 rings (SSSR count). The molecule has 0 aromatic carbocycles. The lowest BCUT2D eigenvalue weighted by Gasteiger charge is -2.08. The molecule has 1 atom stereocenters. The van der Waals surface area contributed by atoms with E-state index in [0.717, 1.165) is 0 Å². The first-order chi connectivity index (χ1) is 7.87. The number of hydrogen-bond donors (Lipinski definition) is 1. The summed E-state index contributed by atoms with van der Waals surface area (Å²) in [7, 11) is -2.99.